The van der Waals surface area contributed by atoms with Crippen molar-refractivity contribution >= 4 is 5.97 Å². The molecule has 0 saturated heterocycles. The third kappa shape index (κ3) is 2.53. The molecule has 0 aliphatic carbocycles. The summed E-state index contributed by atoms with van der Waals surface area (Å²) >= 11 is 0. The van der Waals surface area contributed by atoms with E-state index in [0.717, 1.165) is 11.1 Å². The van der Waals surface area contributed by atoms with Gasteiger partial charge >= 0.3 is 5.97 Å². The summed E-state index contributed by atoms with van der Waals surface area (Å²) in [5, 5.41) is 0. The Balaban J connectivity index is 2.27. The Morgan fingerprint density at radius 2 is 1.47 bits per heavy atom. The topological polar surface area (TPSA) is 26.3 Å². The molecule has 0 fully saturated rings. The Labute approximate surface area is 101 Å². The molecular formula is C15H14O2. The van der Waals surface area contributed by atoms with Crippen LogP contribution in [0.2, 0.25) is 0 Å². The van der Waals surface area contributed by atoms with Gasteiger partial charge in [-0.15, -0.1) is 0 Å². The Kier molecular flexibility index (Phi) is 3.24. The Morgan fingerprint density at radius 3 is 2.06 bits per heavy atom. The minimum absolute atomic E-state index is 0.299. The Morgan fingerprint density at radius 1 is 0.882 bits per heavy atom. The number of para-hydroxylation sites is 1. The number of carbonyl (C=O) groups is 1. The smallest absolute Gasteiger partial charge is 0.344 e. The molecule has 2 heteroatoms. The van der Waals surface area contributed by atoms with Gasteiger partial charge in [0.2, 0.25) is 0 Å². The normalized spacial score (nSPS) is 10.0. The van der Waals surface area contributed by atoms with Gasteiger partial charge in [-0.05, 0) is 37.1 Å². The lowest BCUT2D eigenvalue weighted by Gasteiger charge is -2.09. The molecule has 0 amide bonds. The second kappa shape index (κ2) is 4.83. The van der Waals surface area contributed by atoms with Crippen LogP contribution in [0, 0.1) is 13.8 Å². The minimum atomic E-state index is -0.299. The highest BCUT2D eigenvalue weighted by Gasteiger charge is 2.13. The molecule has 17 heavy (non-hydrogen) atoms. The van der Waals surface area contributed by atoms with Gasteiger partial charge in [0.15, 0.2) is 0 Å². The first kappa shape index (κ1) is 11.4. The van der Waals surface area contributed by atoms with Crippen LogP contribution in [0.4, 0.5) is 0 Å². The number of aryl methyl sites for hydroxylation is 2. The van der Waals surface area contributed by atoms with Crippen LogP contribution in [0.25, 0.3) is 0 Å². The predicted octanol–water partition coefficient (Wildman–Crippen LogP) is 3.52. The molecule has 0 heterocycles. The summed E-state index contributed by atoms with van der Waals surface area (Å²) in [5.74, 6) is 0.270. The molecule has 2 aromatic rings. The van der Waals surface area contributed by atoms with E-state index < -0.39 is 0 Å². The monoisotopic (exact) mass is 226 g/mol. The van der Waals surface area contributed by atoms with Gasteiger partial charge in [-0.2, -0.15) is 0 Å². The zero-order valence-corrected chi connectivity index (χ0v) is 9.94. The van der Waals surface area contributed by atoms with Crippen molar-refractivity contribution in [3.05, 3.63) is 65.2 Å². The lowest BCUT2D eigenvalue weighted by Crippen LogP contribution is -2.11. The molecule has 0 spiro atoms. The Bertz CT molecular complexity index is 510. The first-order valence-corrected chi connectivity index (χ1v) is 5.52. The zero-order chi connectivity index (χ0) is 12.3. The minimum Gasteiger partial charge on any atom is -0.423 e. The van der Waals surface area contributed by atoms with Gasteiger partial charge in [0.05, 0.1) is 5.56 Å². The Hall–Kier alpha value is -2.09. The van der Waals surface area contributed by atoms with E-state index in [1.165, 1.54) is 0 Å². The highest BCUT2D eigenvalue weighted by molar-refractivity contribution is 5.94. The van der Waals surface area contributed by atoms with Crippen LogP contribution < -0.4 is 4.74 Å². The summed E-state index contributed by atoms with van der Waals surface area (Å²) in [5.41, 5.74) is 2.52. The van der Waals surface area contributed by atoms with E-state index in [1.807, 2.05) is 50.2 Å². The zero-order valence-electron chi connectivity index (χ0n) is 9.94. The van der Waals surface area contributed by atoms with Crippen LogP contribution in [0.1, 0.15) is 21.5 Å². The second-order valence-corrected chi connectivity index (χ2v) is 3.97. The second-order valence-electron chi connectivity index (χ2n) is 3.97. The largest absolute Gasteiger partial charge is 0.423 e. The van der Waals surface area contributed by atoms with Gasteiger partial charge < -0.3 is 4.74 Å². The van der Waals surface area contributed by atoms with Crippen LogP contribution >= 0.6 is 0 Å². The summed E-state index contributed by atoms with van der Waals surface area (Å²) in [6, 6.07) is 14.9. The van der Waals surface area contributed by atoms with Crippen LogP contribution in [-0.4, -0.2) is 5.97 Å². The van der Waals surface area contributed by atoms with Crippen LogP contribution in [-0.2, 0) is 0 Å². The number of ether oxygens (including phenoxy) is 1. The number of hydrogen-bond donors (Lipinski definition) is 0. The van der Waals surface area contributed by atoms with Crippen molar-refractivity contribution < 1.29 is 9.53 Å². The van der Waals surface area contributed by atoms with E-state index in [1.54, 1.807) is 12.1 Å². The maximum absolute atomic E-state index is 12.0. The fourth-order valence-electron chi connectivity index (χ4n) is 1.78. The highest BCUT2D eigenvalue weighted by Crippen LogP contribution is 2.17. The molecule has 2 aromatic carbocycles. The van der Waals surface area contributed by atoms with Crippen molar-refractivity contribution in [3.63, 3.8) is 0 Å². The van der Waals surface area contributed by atoms with Crippen molar-refractivity contribution in [1.82, 2.24) is 0 Å². The molecule has 0 bridgehead atoms. The lowest BCUT2D eigenvalue weighted by molar-refractivity contribution is 0.0733. The van der Waals surface area contributed by atoms with E-state index in [4.69, 9.17) is 4.74 Å². The van der Waals surface area contributed by atoms with E-state index >= 15 is 0 Å². The molecular weight excluding hydrogens is 212 g/mol. The highest BCUT2D eigenvalue weighted by atomic mass is 16.5. The van der Waals surface area contributed by atoms with Gasteiger partial charge in [0.1, 0.15) is 5.75 Å². The molecule has 0 radical (unpaired) electrons. The first-order chi connectivity index (χ1) is 8.18. The number of carbonyl (C=O) groups excluding carboxylic acids is 1. The van der Waals surface area contributed by atoms with Gasteiger partial charge in [0, 0.05) is 0 Å². The summed E-state index contributed by atoms with van der Waals surface area (Å²) in [4.78, 5) is 12.0. The van der Waals surface area contributed by atoms with E-state index in [-0.39, 0.29) is 5.97 Å². The molecule has 2 nitrogen and oxygen atoms in total. The van der Waals surface area contributed by atoms with Gasteiger partial charge in [-0.1, -0.05) is 36.4 Å². The molecule has 0 atom stereocenters. The van der Waals surface area contributed by atoms with Crippen molar-refractivity contribution in [2.45, 2.75) is 13.8 Å². The summed E-state index contributed by atoms with van der Waals surface area (Å²) in [6.07, 6.45) is 0. The molecule has 86 valence electrons. The first-order valence-electron chi connectivity index (χ1n) is 5.52. The average molecular weight is 226 g/mol. The summed E-state index contributed by atoms with van der Waals surface area (Å²) in [6.45, 7) is 3.82. The summed E-state index contributed by atoms with van der Waals surface area (Å²) in [7, 11) is 0. The maximum atomic E-state index is 12.0. The number of hydrogen-bond acceptors (Lipinski definition) is 2. The van der Waals surface area contributed by atoms with E-state index in [0.29, 0.717) is 11.3 Å². The molecule has 0 aliphatic heterocycles. The molecule has 0 saturated carbocycles. The molecule has 0 aliphatic rings. The maximum Gasteiger partial charge on any atom is 0.344 e. The number of esters is 1. The fraction of sp³-hybridized carbons (Fsp3) is 0.133. The summed E-state index contributed by atoms with van der Waals surface area (Å²) < 4.78 is 5.32. The fourth-order valence-corrected chi connectivity index (χ4v) is 1.78. The van der Waals surface area contributed by atoms with Crippen molar-refractivity contribution in [3.8, 4) is 5.75 Å². The van der Waals surface area contributed by atoms with Crippen LogP contribution in [0.3, 0.4) is 0 Å². The van der Waals surface area contributed by atoms with E-state index in [9.17, 15) is 4.79 Å². The van der Waals surface area contributed by atoms with E-state index in [2.05, 4.69) is 0 Å². The molecule has 2 rings (SSSR count). The van der Waals surface area contributed by atoms with Crippen molar-refractivity contribution in [1.29, 1.82) is 0 Å². The molecule has 0 N–H and O–H groups in total. The van der Waals surface area contributed by atoms with Gasteiger partial charge in [-0.25, -0.2) is 4.79 Å². The van der Waals surface area contributed by atoms with Crippen molar-refractivity contribution in [2.24, 2.45) is 0 Å². The number of benzene rings is 2. The molecule has 0 aromatic heterocycles. The third-order valence-corrected chi connectivity index (χ3v) is 2.64. The number of rotatable bonds is 2. The average Bonchev–Trinajstić information content (AvgIpc) is 2.30. The van der Waals surface area contributed by atoms with Gasteiger partial charge in [0.25, 0.3) is 0 Å². The van der Waals surface area contributed by atoms with Crippen LogP contribution in [0.15, 0.2) is 48.5 Å². The SMILES string of the molecule is Cc1cccc(C)c1C(=O)Oc1ccccc1. The molecule has 0 unspecified atom stereocenters. The van der Waals surface area contributed by atoms with Crippen molar-refractivity contribution in [2.75, 3.05) is 0 Å². The standard InChI is InChI=1S/C15H14O2/c1-11-7-6-8-12(2)14(11)15(16)17-13-9-4-3-5-10-13/h3-10H,1-2H3. The predicted molar refractivity (Wildman–Crippen MR) is 67.3 cm³/mol. The quantitative estimate of drug-likeness (QED) is 0.578. The third-order valence-electron chi connectivity index (χ3n) is 2.64. The lowest BCUT2D eigenvalue weighted by atomic mass is 10.0. The van der Waals surface area contributed by atoms with Gasteiger partial charge in [-0.3, -0.25) is 0 Å². The van der Waals surface area contributed by atoms with Crippen LogP contribution in [0.5, 0.6) is 5.75 Å².